The van der Waals surface area contributed by atoms with E-state index >= 15 is 0 Å². The van der Waals surface area contributed by atoms with E-state index in [0.717, 1.165) is 38.8 Å². The average Bonchev–Trinajstić information content (AvgIpc) is 3.46. The normalized spacial score (nSPS) is 12.4. The first-order chi connectivity index (χ1) is 20.2. The largest absolute Gasteiger partial charge is 0.480 e. The van der Waals surface area contributed by atoms with Gasteiger partial charge in [0.25, 0.3) is 0 Å². The highest BCUT2D eigenvalue weighted by molar-refractivity contribution is 7.89. The molecule has 1 N–H and O–H groups in total. The second kappa shape index (κ2) is 12.3. The van der Waals surface area contributed by atoms with Gasteiger partial charge in [-0.15, -0.1) is 0 Å². The number of sulfonamides is 1. The molecule has 1 aromatic heterocycles. The predicted octanol–water partition coefficient (Wildman–Crippen LogP) is 6.74. The van der Waals surface area contributed by atoms with Crippen LogP contribution < -0.4 is 0 Å². The molecule has 0 saturated heterocycles. The number of aromatic nitrogens is 2. The number of hydrogen-bond donors (Lipinski definition) is 1. The van der Waals surface area contributed by atoms with Crippen molar-refractivity contribution in [2.75, 3.05) is 7.05 Å². The minimum absolute atomic E-state index is 0.00742. The van der Waals surface area contributed by atoms with Gasteiger partial charge in [-0.3, -0.25) is 4.79 Å². The number of hydrogen-bond acceptors (Lipinski definition) is 4. The summed E-state index contributed by atoms with van der Waals surface area (Å²) in [6.07, 6.45) is 0.971. The molecule has 0 spiro atoms. The fourth-order valence-corrected chi connectivity index (χ4v) is 6.20. The lowest BCUT2D eigenvalue weighted by Gasteiger charge is -2.24. The summed E-state index contributed by atoms with van der Waals surface area (Å²) in [4.78, 5) is 12.1. The molecule has 0 radical (unpaired) electrons. The van der Waals surface area contributed by atoms with E-state index in [1.165, 1.54) is 24.7 Å². The molecule has 9 heteroatoms. The van der Waals surface area contributed by atoms with Crippen molar-refractivity contribution in [1.29, 1.82) is 0 Å². The Bertz CT molecular complexity index is 1790. The molecule has 1 unspecified atom stereocenters. The molecule has 0 saturated carbocycles. The first-order valence-corrected chi connectivity index (χ1v) is 15.3. The summed E-state index contributed by atoms with van der Waals surface area (Å²) < 4.78 is 29.7. The number of likely N-dealkylation sites (N-methyl/N-ethyl adjacent to an activating group) is 1. The van der Waals surface area contributed by atoms with Gasteiger partial charge < -0.3 is 5.11 Å². The first-order valence-electron chi connectivity index (χ1n) is 13.5. The average molecular weight is 600 g/mol. The minimum Gasteiger partial charge on any atom is -0.480 e. The molecule has 0 fully saturated rings. The molecule has 5 rings (SSSR count). The quantitative estimate of drug-likeness (QED) is 0.192. The summed E-state index contributed by atoms with van der Waals surface area (Å²) >= 11 is 6.10. The SMILES string of the molecule is CCc1ccc(-c2cc(-c3ccc(Cl)cc3)nn2-c2ccc(S(=O)(=O)N(C)C(Cc3ccccc3)C(=O)O)cc2)cc1. The number of carboxylic acid groups (broad SMARTS) is 1. The number of carbonyl (C=O) groups is 1. The fourth-order valence-electron chi connectivity index (χ4n) is 4.76. The van der Waals surface area contributed by atoms with E-state index in [9.17, 15) is 18.3 Å². The smallest absolute Gasteiger partial charge is 0.322 e. The molecule has 42 heavy (non-hydrogen) atoms. The Kier molecular flexibility index (Phi) is 8.59. The molecule has 214 valence electrons. The number of aliphatic carboxylic acids is 1. The van der Waals surface area contributed by atoms with Crippen LogP contribution in [-0.4, -0.2) is 46.7 Å². The zero-order valence-electron chi connectivity index (χ0n) is 23.2. The summed E-state index contributed by atoms with van der Waals surface area (Å²) in [5, 5.41) is 15.4. The molecule has 0 aliphatic rings. The standard InChI is InChI=1S/C33H30ClN3O4S/c1-3-23-9-11-26(12-10-23)31-22-30(25-13-15-27(34)16-14-25)35-37(31)28-17-19-29(20-18-28)42(40,41)36(2)32(33(38)39)21-24-7-5-4-6-8-24/h4-20,22,32H,3,21H2,1-2H3,(H,38,39). The van der Waals surface area contributed by atoms with Crippen molar-refractivity contribution in [1.82, 2.24) is 14.1 Å². The van der Waals surface area contributed by atoms with Crippen molar-refractivity contribution in [3.05, 3.63) is 125 Å². The van der Waals surface area contributed by atoms with Crippen LogP contribution in [0.3, 0.4) is 0 Å². The zero-order chi connectivity index (χ0) is 29.9. The Labute approximate surface area is 250 Å². The summed E-state index contributed by atoms with van der Waals surface area (Å²) in [6, 6.07) is 31.7. The lowest BCUT2D eigenvalue weighted by molar-refractivity contribution is -0.141. The van der Waals surface area contributed by atoms with E-state index in [1.54, 1.807) is 41.1 Å². The number of benzene rings is 4. The highest BCUT2D eigenvalue weighted by Crippen LogP contribution is 2.30. The maximum atomic E-state index is 13.5. The molecule has 7 nitrogen and oxygen atoms in total. The minimum atomic E-state index is -4.10. The number of aryl methyl sites for hydroxylation is 1. The number of nitrogens with zero attached hydrogens (tertiary/aromatic N) is 3. The number of rotatable bonds is 10. The summed E-state index contributed by atoms with van der Waals surface area (Å²) in [7, 11) is -2.80. The predicted molar refractivity (Wildman–Crippen MR) is 165 cm³/mol. The van der Waals surface area contributed by atoms with Crippen LogP contribution in [0.5, 0.6) is 0 Å². The molecule has 0 bridgehead atoms. The van der Waals surface area contributed by atoms with Crippen molar-refractivity contribution in [2.45, 2.75) is 30.7 Å². The van der Waals surface area contributed by atoms with Gasteiger partial charge in [0.05, 0.1) is 22.0 Å². The molecule has 1 atom stereocenters. The molecule has 0 amide bonds. The van der Waals surface area contributed by atoms with E-state index in [-0.39, 0.29) is 11.3 Å². The number of halogens is 1. The van der Waals surface area contributed by atoms with Gasteiger partial charge in [0.1, 0.15) is 6.04 Å². The third-order valence-electron chi connectivity index (χ3n) is 7.26. The van der Waals surface area contributed by atoms with Gasteiger partial charge in [0, 0.05) is 23.2 Å². The van der Waals surface area contributed by atoms with E-state index in [1.807, 2.05) is 48.5 Å². The monoisotopic (exact) mass is 599 g/mol. The van der Waals surface area contributed by atoms with E-state index in [2.05, 4.69) is 19.1 Å². The molecule has 0 aliphatic carbocycles. The first kappa shape index (κ1) is 29.3. The Morgan fingerprint density at radius 3 is 2.10 bits per heavy atom. The topological polar surface area (TPSA) is 92.5 Å². The van der Waals surface area contributed by atoms with Crippen molar-refractivity contribution >= 4 is 27.6 Å². The van der Waals surface area contributed by atoms with Crippen molar-refractivity contribution in [3.8, 4) is 28.2 Å². The van der Waals surface area contributed by atoms with Gasteiger partial charge in [-0.1, -0.05) is 85.3 Å². The van der Waals surface area contributed by atoms with Crippen LogP contribution in [0.4, 0.5) is 0 Å². The maximum absolute atomic E-state index is 13.5. The molecule has 5 aromatic rings. The van der Waals surface area contributed by atoms with Gasteiger partial charge in [0.2, 0.25) is 10.0 Å². The van der Waals surface area contributed by atoms with Crippen LogP contribution in [0.25, 0.3) is 28.2 Å². The van der Waals surface area contributed by atoms with Crippen LogP contribution >= 0.6 is 11.6 Å². The highest BCUT2D eigenvalue weighted by Gasteiger charge is 2.33. The van der Waals surface area contributed by atoms with Gasteiger partial charge in [0.15, 0.2) is 0 Å². The molecular weight excluding hydrogens is 570 g/mol. The van der Waals surface area contributed by atoms with Crippen LogP contribution in [-0.2, 0) is 27.7 Å². The molecule has 4 aromatic carbocycles. The maximum Gasteiger partial charge on any atom is 0.322 e. The third-order valence-corrected chi connectivity index (χ3v) is 9.39. The zero-order valence-corrected chi connectivity index (χ0v) is 24.8. The van der Waals surface area contributed by atoms with Gasteiger partial charge in [-0.05, 0) is 66.4 Å². The molecular formula is C33H30ClN3O4S. The van der Waals surface area contributed by atoms with Crippen LogP contribution in [0.15, 0.2) is 114 Å². The van der Waals surface area contributed by atoms with Crippen molar-refractivity contribution < 1.29 is 18.3 Å². The Morgan fingerprint density at radius 2 is 1.50 bits per heavy atom. The lowest BCUT2D eigenvalue weighted by Crippen LogP contribution is -2.43. The second-order valence-electron chi connectivity index (χ2n) is 9.94. The van der Waals surface area contributed by atoms with Crippen LogP contribution in [0.1, 0.15) is 18.1 Å². The Morgan fingerprint density at radius 1 is 0.881 bits per heavy atom. The third kappa shape index (κ3) is 6.16. The molecule has 0 aliphatic heterocycles. The van der Waals surface area contributed by atoms with E-state index < -0.39 is 22.0 Å². The Hall–Kier alpha value is -4.24. The second-order valence-corrected chi connectivity index (χ2v) is 12.4. The van der Waals surface area contributed by atoms with Gasteiger partial charge >= 0.3 is 5.97 Å². The van der Waals surface area contributed by atoms with E-state index in [0.29, 0.717) is 10.7 Å². The van der Waals surface area contributed by atoms with Crippen LogP contribution in [0.2, 0.25) is 5.02 Å². The van der Waals surface area contributed by atoms with E-state index in [4.69, 9.17) is 16.7 Å². The van der Waals surface area contributed by atoms with Gasteiger partial charge in [-0.25, -0.2) is 13.1 Å². The molecule has 1 heterocycles. The summed E-state index contributed by atoms with van der Waals surface area (Å²) in [5.74, 6) is -1.22. The van der Waals surface area contributed by atoms with Crippen LogP contribution in [0, 0.1) is 0 Å². The van der Waals surface area contributed by atoms with Crippen molar-refractivity contribution in [3.63, 3.8) is 0 Å². The Balaban J connectivity index is 1.50. The summed E-state index contributed by atoms with van der Waals surface area (Å²) in [6.45, 7) is 2.10. The summed E-state index contributed by atoms with van der Waals surface area (Å²) in [5.41, 5.74) is 6.04. The lowest BCUT2D eigenvalue weighted by atomic mass is 10.1. The van der Waals surface area contributed by atoms with Crippen molar-refractivity contribution in [2.24, 2.45) is 0 Å². The highest BCUT2D eigenvalue weighted by atomic mass is 35.5. The fraction of sp³-hybridized carbons (Fsp3) is 0.152. The van der Waals surface area contributed by atoms with Gasteiger partial charge in [-0.2, -0.15) is 9.40 Å². The number of carboxylic acids is 1.